The molecule has 1 aliphatic carbocycles. The molecule has 1 saturated heterocycles. The molecule has 13 heteroatoms. The maximum Gasteiger partial charge on any atom is 0.431 e. The second-order valence-electron chi connectivity index (χ2n) is 9.64. The molecule has 210 valence electrons. The number of aliphatic imine (C=N–C) groups is 2. The molecule has 3 rings (SSSR count). The molecule has 9 nitrogen and oxygen atoms in total. The van der Waals surface area contributed by atoms with E-state index >= 15 is 4.39 Å². The summed E-state index contributed by atoms with van der Waals surface area (Å²) in [5.74, 6) is -0.722. The normalized spacial score (nSPS) is 24.7. The first-order chi connectivity index (χ1) is 17.9. The highest BCUT2D eigenvalue weighted by Crippen LogP contribution is 2.43. The number of ether oxygens (including phenoxy) is 1. The maximum absolute atomic E-state index is 15.3. The number of nitrogens with zero attached hydrogens (tertiary/aromatic N) is 3. The summed E-state index contributed by atoms with van der Waals surface area (Å²) in [6.07, 6.45) is 0.636. The van der Waals surface area contributed by atoms with Gasteiger partial charge in [0.2, 0.25) is 0 Å². The van der Waals surface area contributed by atoms with Crippen LogP contribution in [0.3, 0.4) is 0 Å². The summed E-state index contributed by atoms with van der Waals surface area (Å²) in [5.41, 5.74) is 9.95. The Morgan fingerprint density at radius 3 is 2.55 bits per heavy atom. The zero-order valence-corrected chi connectivity index (χ0v) is 21.8. The Hall–Kier alpha value is -3.35. The van der Waals surface area contributed by atoms with Crippen molar-refractivity contribution in [2.75, 3.05) is 40.4 Å². The summed E-state index contributed by atoms with van der Waals surface area (Å²) >= 11 is 0. The van der Waals surface area contributed by atoms with Crippen molar-refractivity contribution in [1.82, 2.24) is 15.5 Å². The fourth-order valence-electron chi connectivity index (χ4n) is 4.69. The molecule has 1 atom stereocenters. The number of amides is 2. The number of carbonyl (C=O) groups excluding carboxylic acids is 1. The van der Waals surface area contributed by atoms with Crippen molar-refractivity contribution in [2.45, 2.75) is 44.8 Å². The van der Waals surface area contributed by atoms with Gasteiger partial charge in [-0.15, -0.1) is 0 Å². The van der Waals surface area contributed by atoms with Crippen LogP contribution >= 0.6 is 0 Å². The number of nitrogens with one attached hydrogen (secondary N) is 2. The van der Waals surface area contributed by atoms with Crippen LogP contribution in [-0.4, -0.2) is 75.6 Å². The largest absolute Gasteiger partial charge is 0.431 e. The van der Waals surface area contributed by atoms with Crippen LogP contribution in [-0.2, 0) is 4.74 Å². The third-order valence-corrected chi connectivity index (χ3v) is 6.87. The van der Waals surface area contributed by atoms with Crippen molar-refractivity contribution in [1.29, 1.82) is 0 Å². The van der Waals surface area contributed by atoms with Crippen molar-refractivity contribution in [3.63, 3.8) is 0 Å². The van der Waals surface area contributed by atoms with Gasteiger partial charge in [-0.1, -0.05) is 13.0 Å². The molecular formula is C25H35F4N7O2. The van der Waals surface area contributed by atoms with E-state index in [-0.39, 0.29) is 35.7 Å². The smallest absolute Gasteiger partial charge is 0.394 e. The lowest BCUT2D eigenvalue weighted by atomic mass is 9.75. The van der Waals surface area contributed by atoms with E-state index in [2.05, 4.69) is 20.6 Å². The summed E-state index contributed by atoms with van der Waals surface area (Å²) in [6.45, 7) is 3.34. The van der Waals surface area contributed by atoms with E-state index in [0.29, 0.717) is 31.8 Å². The molecule has 6 N–H and O–H groups in total. The van der Waals surface area contributed by atoms with Crippen molar-refractivity contribution >= 4 is 18.1 Å². The fourth-order valence-corrected chi connectivity index (χ4v) is 4.69. The highest BCUT2D eigenvalue weighted by atomic mass is 19.4. The summed E-state index contributed by atoms with van der Waals surface area (Å²) in [6, 6.07) is -0.109. The average molecular weight is 542 g/mol. The molecule has 0 radical (unpaired) electrons. The van der Waals surface area contributed by atoms with E-state index in [0.717, 1.165) is 24.8 Å². The minimum atomic E-state index is -4.80. The molecule has 2 amide bonds. The number of rotatable bonds is 6. The summed E-state index contributed by atoms with van der Waals surface area (Å²) in [4.78, 5) is 21.8. The molecule has 1 fully saturated rings. The molecule has 1 unspecified atom stereocenters. The van der Waals surface area contributed by atoms with Gasteiger partial charge in [0.05, 0.1) is 12.2 Å². The number of alkyl halides is 3. The third kappa shape index (κ3) is 6.74. The van der Waals surface area contributed by atoms with Gasteiger partial charge in [0.25, 0.3) is 0 Å². The van der Waals surface area contributed by atoms with Gasteiger partial charge < -0.3 is 31.7 Å². The summed E-state index contributed by atoms with van der Waals surface area (Å²) < 4.78 is 60.8. The number of amidine groups is 1. The van der Waals surface area contributed by atoms with Gasteiger partial charge in [-0.05, 0) is 18.9 Å². The lowest BCUT2D eigenvalue weighted by Crippen LogP contribution is -2.47. The van der Waals surface area contributed by atoms with Crippen molar-refractivity contribution in [2.24, 2.45) is 26.9 Å². The maximum atomic E-state index is 15.3. The molecule has 3 aliphatic rings. The van der Waals surface area contributed by atoms with Crippen molar-refractivity contribution < 1.29 is 27.1 Å². The molecule has 0 aromatic carbocycles. The Balaban J connectivity index is 1.94. The van der Waals surface area contributed by atoms with Gasteiger partial charge >= 0.3 is 12.2 Å². The molecule has 2 heterocycles. The first-order valence-corrected chi connectivity index (χ1v) is 12.3. The van der Waals surface area contributed by atoms with E-state index in [4.69, 9.17) is 16.2 Å². The Bertz CT molecular complexity index is 1100. The molecule has 0 saturated carbocycles. The van der Waals surface area contributed by atoms with Gasteiger partial charge in [0.1, 0.15) is 17.4 Å². The standard InChI is InChI=1S/C25H35F4N7O2/c1-24(17(13-32-2)21(30)25(27,28)29)8-4-20(18(26)12-24)35-22(31)16-14-36(23(37)33-3)9-5-19(16)34-15-6-10-38-11-7-15/h4,8,13,15,34H,5-7,9-12,14,30H2,1-3H3,(H2,31,35)(H,33,37). The van der Waals surface area contributed by atoms with Crippen LogP contribution in [0.2, 0.25) is 0 Å². The Morgan fingerprint density at radius 2 is 1.97 bits per heavy atom. The van der Waals surface area contributed by atoms with Gasteiger partial charge in [-0.25, -0.2) is 14.2 Å². The predicted octanol–water partition coefficient (Wildman–Crippen LogP) is 3.03. The van der Waals surface area contributed by atoms with Crippen LogP contribution in [0.4, 0.5) is 22.4 Å². The van der Waals surface area contributed by atoms with Crippen LogP contribution in [0.15, 0.2) is 56.2 Å². The zero-order chi connectivity index (χ0) is 28.1. The first kappa shape index (κ1) is 29.2. The summed E-state index contributed by atoms with van der Waals surface area (Å²) in [5, 5.41) is 6.08. The highest BCUT2D eigenvalue weighted by Gasteiger charge is 2.41. The molecule has 0 spiro atoms. The number of allylic oxidation sites excluding steroid dienone is 5. The van der Waals surface area contributed by atoms with Crippen LogP contribution in [0.25, 0.3) is 0 Å². The summed E-state index contributed by atoms with van der Waals surface area (Å²) in [7, 11) is 2.84. The number of nitrogens with two attached hydrogens (primary N) is 2. The van der Waals surface area contributed by atoms with E-state index in [1.165, 1.54) is 33.2 Å². The van der Waals surface area contributed by atoms with Crippen LogP contribution in [0.5, 0.6) is 0 Å². The quantitative estimate of drug-likeness (QED) is 0.233. The number of halogens is 4. The molecular weight excluding hydrogens is 506 g/mol. The van der Waals surface area contributed by atoms with Crippen molar-refractivity contribution in [3.8, 4) is 0 Å². The Morgan fingerprint density at radius 1 is 1.29 bits per heavy atom. The van der Waals surface area contributed by atoms with E-state index in [1.54, 1.807) is 4.90 Å². The molecule has 0 aromatic heterocycles. The van der Waals surface area contributed by atoms with Crippen LogP contribution in [0.1, 0.15) is 32.6 Å². The number of urea groups is 1. The number of hydrogen-bond acceptors (Lipinski definition) is 6. The van der Waals surface area contributed by atoms with Gasteiger partial charge in [0, 0.05) is 81.2 Å². The minimum absolute atomic E-state index is 0.0206. The zero-order valence-electron chi connectivity index (χ0n) is 21.8. The number of carbonyl (C=O) groups is 1. The molecule has 0 aromatic rings. The second kappa shape index (κ2) is 12.0. The lowest BCUT2D eigenvalue weighted by molar-refractivity contribution is -0.0938. The van der Waals surface area contributed by atoms with E-state index < -0.39 is 29.5 Å². The lowest BCUT2D eigenvalue weighted by Gasteiger charge is -2.34. The third-order valence-electron chi connectivity index (χ3n) is 6.87. The van der Waals surface area contributed by atoms with Gasteiger partial charge in [-0.2, -0.15) is 13.2 Å². The van der Waals surface area contributed by atoms with Crippen molar-refractivity contribution in [3.05, 3.63) is 46.2 Å². The average Bonchev–Trinajstić information content (AvgIpc) is 2.88. The van der Waals surface area contributed by atoms with E-state index in [1.807, 2.05) is 0 Å². The molecule has 2 aliphatic heterocycles. The van der Waals surface area contributed by atoms with Crippen LogP contribution < -0.4 is 22.1 Å². The van der Waals surface area contributed by atoms with E-state index in [9.17, 15) is 18.0 Å². The van der Waals surface area contributed by atoms with Crippen LogP contribution in [0, 0.1) is 5.41 Å². The van der Waals surface area contributed by atoms with Gasteiger partial charge in [-0.3, -0.25) is 4.99 Å². The minimum Gasteiger partial charge on any atom is -0.394 e. The first-order valence-electron chi connectivity index (χ1n) is 12.3. The Labute approximate surface area is 219 Å². The fraction of sp³-hybridized carbons (Fsp3) is 0.560. The molecule has 0 bridgehead atoms. The number of hydrogen-bond donors (Lipinski definition) is 4. The second-order valence-corrected chi connectivity index (χ2v) is 9.64. The Kier molecular flexibility index (Phi) is 9.23. The SMILES string of the molecule is CN=CC(=C(N)C(F)(F)F)C1(C)C=CC(N=C(N)C2=C(NC3CCOCC3)CCN(C(=O)NC)C2)=C(F)C1. The van der Waals surface area contributed by atoms with Gasteiger partial charge in [0.15, 0.2) is 0 Å². The monoisotopic (exact) mass is 541 g/mol. The topological polar surface area (TPSA) is 130 Å². The highest BCUT2D eigenvalue weighted by molar-refractivity contribution is 5.99. The molecule has 38 heavy (non-hydrogen) atoms. The predicted molar refractivity (Wildman–Crippen MR) is 138 cm³/mol.